The highest BCUT2D eigenvalue weighted by Gasteiger charge is 2.35. The van der Waals surface area contributed by atoms with Gasteiger partial charge in [-0.3, -0.25) is 14.5 Å². The maximum absolute atomic E-state index is 12.4. The predicted octanol–water partition coefficient (Wildman–Crippen LogP) is 4.02. The Morgan fingerprint density at radius 2 is 1.43 bits per heavy atom. The first kappa shape index (κ1) is 13.8. The van der Waals surface area contributed by atoms with E-state index in [4.69, 9.17) is 0 Å². The highest BCUT2D eigenvalue weighted by atomic mass is 16.2. The molecule has 21 heavy (non-hydrogen) atoms. The van der Waals surface area contributed by atoms with Crippen LogP contribution in [0.1, 0.15) is 53.3 Å². The van der Waals surface area contributed by atoms with Crippen molar-refractivity contribution in [2.45, 2.75) is 32.6 Å². The Kier molecular flexibility index (Phi) is 3.74. The summed E-state index contributed by atoms with van der Waals surface area (Å²) >= 11 is 0. The van der Waals surface area contributed by atoms with Crippen LogP contribution in [0.2, 0.25) is 0 Å². The number of nitrogens with zero attached hydrogens (tertiary/aromatic N) is 1. The molecule has 0 aromatic heterocycles. The minimum atomic E-state index is -0.141. The molecule has 0 fully saturated rings. The number of unbranched alkanes of at least 4 members (excludes halogenated alkanes) is 3. The molecule has 3 rings (SSSR count). The van der Waals surface area contributed by atoms with E-state index in [1.807, 2.05) is 36.4 Å². The van der Waals surface area contributed by atoms with Gasteiger partial charge in [0.1, 0.15) is 0 Å². The summed E-state index contributed by atoms with van der Waals surface area (Å²) in [4.78, 5) is 26.2. The van der Waals surface area contributed by atoms with Crippen molar-refractivity contribution < 1.29 is 9.59 Å². The fourth-order valence-electron chi connectivity index (χ4n) is 2.88. The normalized spacial score (nSPS) is 14.0. The van der Waals surface area contributed by atoms with Crippen LogP contribution in [-0.2, 0) is 0 Å². The van der Waals surface area contributed by atoms with Gasteiger partial charge in [0.2, 0.25) is 0 Å². The van der Waals surface area contributed by atoms with Crippen molar-refractivity contribution in [1.82, 2.24) is 4.90 Å². The third-order valence-electron chi connectivity index (χ3n) is 4.07. The fraction of sp³-hybridized carbons (Fsp3) is 0.333. The van der Waals surface area contributed by atoms with Crippen LogP contribution in [0, 0.1) is 0 Å². The average molecular weight is 281 g/mol. The molecule has 3 nitrogen and oxygen atoms in total. The summed E-state index contributed by atoms with van der Waals surface area (Å²) in [5.74, 6) is -0.283. The van der Waals surface area contributed by atoms with E-state index in [0.717, 1.165) is 36.5 Å². The van der Waals surface area contributed by atoms with Gasteiger partial charge in [-0.2, -0.15) is 0 Å². The Morgan fingerprint density at radius 3 is 1.95 bits per heavy atom. The first-order valence-electron chi connectivity index (χ1n) is 7.61. The number of carbonyl (C=O) groups excluding carboxylic acids is 2. The van der Waals surface area contributed by atoms with E-state index in [2.05, 4.69) is 6.92 Å². The van der Waals surface area contributed by atoms with Crippen molar-refractivity contribution in [2.75, 3.05) is 6.54 Å². The third-order valence-corrected chi connectivity index (χ3v) is 4.07. The Labute approximate surface area is 124 Å². The molecule has 0 saturated carbocycles. The molecule has 1 heterocycles. The monoisotopic (exact) mass is 281 g/mol. The molecule has 0 aliphatic carbocycles. The lowest BCUT2D eigenvalue weighted by atomic mass is 10.0. The van der Waals surface area contributed by atoms with Crippen LogP contribution in [0.15, 0.2) is 36.4 Å². The minimum Gasteiger partial charge on any atom is -0.274 e. The second-order valence-corrected chi connectivity index (χ2v) is 5.57. The molecule has 0 spiro atoms. The van der Waals surface area contributed by atoms with E-state index >= 15 is 0 Å². The van der Waals surface area contributed by atoms with Gasteiger partial charge in [0.25, 0.3) is 11.8 Å². The zero-order valence-electron chi connectivity index (χ0n) is 12.3. The number of amides is 2. The fourth-order valence-corrected chi connectivity index (χ4v) is 2.88. The first-order chi connectivity index (χ1) is 10.2. The lowest BCUT2D eigenvalue weighted by Crippen LogP contribution is -2.30. The van der Waals surface area contributed by atoms with E-state index in [-0.39, 0.29) is 11.8 Å². The third kappa shape index (κ3) is 2.44. The molecule has 0 saturated heterocycles. The maximum atomic E-state index is 12.4. The molecule has 2 amide bonds. The van der Waals surface area contributed by atoms with Crippen molar-refractivity contribution in [3.8, 4) is 0 Å². The van der Waals surface area contributed by atoms with Gasteiger partial charge in [0.05, 0.1) is 11.1 Å². The van der Waals surface area contributed by atoms with E-state index in [1.54, 1.807) is 0 Å². The van der Waals surface area contributed by atoms with Crippen molar-refractivity contribution in [3.05, 3.63) is 47.5 Å². The molecule has 2 aromatic rings. The molecule has 1 aliphatic rings. The van der Waals surface area contributed by atoms with Crippen LogP contribution in [0.3, 0.4) is 0 Å². The van der Waals surface area contributed by atoms with Crippen LogP contribution in [0.25, 0.3) is 10.8 Å². The largest absolute Gasteiger partial charge is 0.274 e. The summed E-state index contributed by atoms with van der Waals surface area (Å²) in [6.07, 6.45) is 4.24. The highest BCUT2D eigenvalue weighted by Crippen LogP contribution is 2.28. The SMILES string of the molecule is CCCCCCN1C(=O)c2cc3ccccc3cc2C1=O. The molecule has 2 aromatic carbocycles. The molecule has 0 atom stereocenters. The number of carbonyl (C=O) groups is 2. The molecular weight excluding hydrogens is 262 g/mol. The molecular formula is C18H19NO2. The summed E-state index contributed by atoms with van der Waals surface area (Å²) in [6.45, 7) is 2.68. The second-order valence-electron chi connectivity index (χ2n) is 5.57. The molecule has 0 unspecified atom stereocenters. The molecule has 0 N–H and O–H groups in total. The standard InChI is InChI=1S/C18H19NO2/c1-2-3-4-7-10-19-17(20)15-11-13-8-5-6-9-14(13)12-16(15)18(19)21/h5-6,8-9,11-12H,2-4,7,10H2,1H3. The Balaban J connectivity index is 1.87. The molecule has 108 valence electrons. The van der Waals surface area contributed by atoms with Crippen LogP contribution < -0.4 is 0 Å². The van der Waals surface area contributed by atoms with Crippen LogP contribution in [-0.4, -0.2) is 23.3 Å². The zero-order chi connectivity index (χ0) is 14.8. The van der Waals surface area contributed by atoms with Gasteiger partial charge in [-0.1, -0.05) is 50.5 Å². The van der Waals surface area contributed by atoms with Crippen molar-refractivity contribution >= 4 is 22.6 Å². The summed E-state index contributed by atoms with van der Waals surface area (Å²) in [6, 6.07) is 11.5. The predicted molar refractivity (Wildman–Crippen MR) is 83.5 cm³/mol. The van der Waals surface area contributed by atoms with Gasteiger partial charge in [-0.05, 0) is 29.3 Å². The van der Waals surface area contributed by atoms with E-state index in [9.17, 15) is 9.59 Å². The first-order valence-corrected chi connectivity index (χ1v) is 7.61. The zero-order valence-corrected chi connectivity index (χ0v) is 12.3. The number of hydrogen-bond donors (Lipinski definition) is 0. The van der Waals surface area contributed by atoms with Crippen LogP contribution in [0.5, 0.6) is 0 Å². The summed E-state index contributed by atoms with van der Waals surface area (Å²) in [5.41, 5.74) is 1.10. The van der Waals surface area contributed by atoms with Gasteiger partial charge < -0.3 is 0 Å². The number of rotatable bonds is 5. The molecule has 1 aliphatic heterocycles. The number of fused-ring (bicyclic) bond motifs is 2. The summed E-state index contributed by atoms with van der Waals surface area (Å²) in [5, 5.41) is 2.01. The highest BCUT2D eigenvalue weighted by molar-refractivity contribution is 6.23. The van der Waals surface area contributed by atoms with Crippen LogP contribution >= 0.6 is 0 Å². The van der Waals surface area contributed by atoms with Gasteiger partial charge in [-0.25, -0.2) is 0 Å². The summed E-state index contributed by atoms with van der Waals surface area (Å²) in [7, 11) is 0. The van der Waals surface area contributed by atoms with Crippen LogP contribution in [0.4, 0.5) is 0 Å². The number of imide groups is 1. The molecule has 0 bridgehead atoms. The Morgan fingerprint density at radius 1 is 0.857 bits per heavy atom. The topological polar surface area (TPSA) is 37.4 Å². The van der Waals surface area contributed by atoms with Gasteiger partial charge in [0, 0.05) is 6.54 Å². The number of benzene rings is 2. The molecule has 3 heteroatoms. The Bertz CT molecular complexity index is 651. The van der Waals surface area contributed by atoms with Crippen molar-refractivity contribution in [1.29, 1.82) is 0 Å². The van der Waals surface area contributed by atoms with Crippen molar-refractivity contribution in [3.63, 3.8) is 0 Å². The van der Waals surface area contributed by atoms with Gasteiger partial charge in [0.15, 0.2) is 0 Å². The van der Waals surface area contributed by atoms with Gasteiger partial charge >= 0.3 is 0 Å². The second kappa shape index (κ2) is 5.68. The average Bonchev–Trinajstić information content (AvgIpc) is 2.74. The Hall–Kier alpha value is -2.16. The number of hydrogen-bond acceptors (Lipinski definition) is 2. The lowest BCUT2D eigenvalue weighted by molar-refractivity contribution is 0.0651. The summed E-state index contributed by atoms with van der Waals surface area (Å²) < 4.78 is 0. The minimum absolute atomic E-state index is 0.141. The van der Waals surface area contributed by atoms with E-state index in [0.29, 0.717) is 17.7 Å². The smallest absolute Gasteiger partial charge is 0.261 e. The maximum Gasteiger partial charge on any atom is 0.261 e. The molecule has 0 radical (unpaired) electrons. The lowest BCUT2D eigenvalue weighted by Gasteiger charge is -2.13. The van der Waals surface area contributed by atoms with E-state index in [1.165, 1.54) is 4.90 Å². The quantitative estimate of drug-likeness (QED) is 0.613. The van der Waals surface area contributed by atoms with E-state index < -0.39 is 0 Å². The van der Waals surface area contributed by atoms with Crippen molar-refractivity contribution in [2.24, 2.45) is 0 Å². The van der Waals surface area contributed by atoms with Gasteiger partial charge in [-0.15, -0.1) is 0 Å².